The standard InChI is InChI=1S/C7H3F7O2/c1-2-3(15)16-7(14)5(10,11)4(8,9)6(7,12)13/h2H,1H2. The molecule has 9 heteroatoms. The van der Waals surface area contributed by atoms with Crippen LogP contribution in [-0.2, 0) is 9.53 Å². The number of esters is 1. The van der Waals surface area contributed by atoms with Crippen molar-refractivity contribution in [1.29, 1.82) is 0 Å². The average molecular weight is 252 g/mol. The smallest absolute Gasteiger partial charge is 0.391 e. The highest BCUT2D eigenvalue weighted by Crippen LogP contribution is 2.69. The molecule has 16 heavy (non-hydrogen) atoms. The van der Waals surface area contributed by atoms with Gasteiger partial charge in [-0.05, 0) is 0 Å². The van der Waals surface area contributed by atoms with Gasteiger partial charge in [0.15, 0.2) is 0 Å². The van der Waals surface area contributed by atoms with Crippen LogP contribution in [-0.4, -0.2) is 29.6 Å². The molecule has 0 atom stereocenters. The van der Waals surface area contributed by atoms with Gasteiger partial charge >= 0.3 is 29.6 Å². The number of carbonyl (C=O) groups is 1. The fraction of sp³-hybridized carbons (Fsp3) is 0.571. The first-order valence-electron chi connectivity index (χ1n) is 3.63. The van der Waals surface area contributed by atoms with Gasteiger partial charge in [-0.3, -0.25) is 0 Å². The van der Waals surface area contributed by atoms with Crippen molar-refractivity contribution in [2.45, 2.75) is 23.6 Å². The predicted molar refractivity (Wildman–Crippen MR) is 35.0 cm³/mol. The normalized spacial score (nSPS) is 27.7. The molecule has 0 amide bonds. The first-order chi connectivity index (χ1) is 6.95. The molecular weight excluding hydrogens is 249 g/mol. The van der Waals surface area contributed by atoms with Crippen molar-refractivity contribution in [2.75, 3.05) is 0 Å². The minimum absolute atomic E-state index is 0.0873. The van der Waals surface area contributed by atoms with Crippen LogP contribution in [0.3, 0.4) is 0 Å². The van der Waals surface area contributed by atoms with Crippen LogP contribution in [0.25, 0.3) is 0 Å². The minimum Gasteiger partial charge on any atom is -0.413 e. The maximum Gasteiger partial charge on any atom is 0.391 e. The Labute approximate surface area is 83.7 Å². The summed E-state index contributed by atoms with van der Waals surface area (Å²) in [6.45, 7) is 2.62. The topological polar surface area (TPSA) is 26.3 Å². The van der Waals surface area contributed by atoms with Crippen LogP contribution in [0, 0.1) is 0 Å². The van der Waals surface area contributed by atoms with Gasteiger partial charge in [0.25, 0.3) is 0 Å². The fourth-order valence-electron chi connectivity index (χ4n) is 1.04. The van der Waals surface area contributed by atoms with Crippen molar-refractivity contribution >= 4 is 5.97 Å². The predicted octanol–water partition coefficient (Wildman–Crippen LogP) is 2.30. The van der Waals surface area contributed by atoms with Gasteiger partial charge in [-0.25, -0.2) is 4.79 Å². The van der Waals surface area contributed by atoms with Crippen LogP contribution < -0.4 is 0 Å². The molecule has 92 valence electrons. The van der Waals surface area contributed by atoms with E-state index in [0.717, 1.165) is 0 Å². The molecule has 0 N–H and O–H groups in total. The van der Waals surface area contributed by atoms with E-state index in [0.29, 0.717) is 0 Å². The van der Waals surface area contributed by atoms with Gasteiger partial charge in [-0.2, -0.15) is 30.7 Å². The Bertz CT molecular complexity index is 331. The van der Waals surface area contributed by atoms with Gasteiger partial charge in [0.2, 0.25) is 0 Å². The zero-order valence-electron chi connectivity index (χ0n) is 7.25. The van der Waals surface area contributed by atoms with Crippen LogP contribution >= 0.6 is 0 Å². The lowest BCUT2D eigenvalue weighted by atomic mass is 9.78. The maximum atomic E-state index is 12.9. The van der Waals surface area contributed by atoms with Gasteiger partial charge in [0.05, 0.1) is 0 Å². The zero-order valence-corrected chi connectivity index (χ0v) is 7.25. The monoisotopic (exact) mass is 252 g/mol. The summed E-state index contributed by atoms with van der Waals surface area (Å²) in [6.07, 6.45) is 0.0873. The SMILES string of the molecule is C=CC(=O)OC1(F)C(F)(F)C(F)(F)C1(F)F. The second-order valence-electron chi connectivity index (χ2n) is 2.94. The molecule has 0 bridgehead atoms. The molecule has 1 aliphatic rings. The van der Waals surface area contributed by atoms with E-state index in [1.807, 2.05) is 0 Å². The Kier molecular flexibility index (Phi) is 2.31. The van der Waals surface area contributed by atoms with Crippen molar-refractivity contribution in [2.24, 2.45) is 0 Å². The Balaban J connectivity index is 3.15. The van der Waals surface area contributed by atoms with Gasteiger partial charge in [0.1, 0.15) is 0 Å². The first kappa shape index (κ1) is 12.8. The molecule has 0 heterocycles. The summed E-state index contributed by atoms with van der Waals surface area (Å²) in [5.41, 5.74) is 0. The second kappa shape index (κ2) is 2.89. The number of hydrogen-bond acceptors (Lipinski definition) is 2. The van der Waals surface area contributed by atoms with Crippen LogP contribution in [0.4, 0.5) is 30.7 Å². The lowest BCUT2D eigenvalue weighted by molar-refractivity contribution is -0.522. The molecule has 0 radical (unpaired) electrons. The van der Waals surface area contributed by atoms with Crippen LogP contribution in [0.5, 0.6) is 0 Å². The number of rotatable bonds is 2. The van der Waals surface area contributed by atoms with E-state index in [1.54, 1.807) is 0 Å². The lowest BCUT2D eigenvalue weighted by Crippen LogP contribution is -2.85. The molecule has 0 aromatic rings. The van der Waals surface area contributed by atoms with E-state index < -0.39 is 29.6 Å². The molecule has 0 saturated heterocycles. The van der Waals surface area contributed by atoms with E-state index in [9.17, 15) is 35.5 Å². The summed E-state index contributed by atoms with van der Waals surface area (Å²) < 4.78 is 90.0. The Morgan fingerprint density at radius 2 is 1.31 bits per heavy atom. The molecular formula is C7H3F7O2. The van der Waals surface area contributed by atoms with E-state index in [1.165, 1.54) is 0 Å². The fourth-order valence-corrected chi connectivity index (χ4v) is 1.04. The molecule has 0 aliphatic heterocycles. The number of ether oxygens (including phenoxy) is 1. The molecule has 1 fully saturated rings. The Morgan fingerprint density at radius 3 is 1.62 bits per heavy atom. The van der Waals surface area contributed by atoms with Crippen LogP contribution in [0.2, 0.25) is 0 Å². The molecule has 0 unspecified atom stereocenters. The van der Waals surface area contributed by atoms with Gasteiger partial charge in [-0.1, -0.05) is 6.58 Å². The van der Waals surface area contributed by atoms with Crippen LogP contribution in [0.15, 0.2) is 12.7 Å². The van der Waals surface area contributed by atoms with Gasteiger partial charge in [-0.15, -0.1) is 0 Å². The van der Waals surface area contributed by atoms with Crippen molar-refractivity contribution in [1.82, 2.24) is 0 Å². The zero-order chi connectivity index (χ0) is 13.0. The van der Waals surface area contributed by atoms with E-state index >= 15 is 0 Å². The van der Waals surface area contributed by atoms with Gasteiger partial charge in [0, 0.05) is 6.08 Å². The van der Waals surface area contributed by atoms with Crippen LogP contribution in [0.1, 0.15) is 0 Å². The summed E-state index contributed by atoms with van der Waals surface area (Å²) in [6, 6.07) is 0. The summed E-state index contributed by atoms with van der Waals surface area (Å²) in [5, 5.41) is 0. The number of hydrogen-bond donors (Lipinski definition) is 0. The highest BCUT2D eigenvalue weighted by Gasteiger charge is 3.02. The molecule has 2 nitrogen and oxygen atoms in total. The molecule has 0 aromatic heterocycles. The summed E-state index contributed by atoms with van der Waals surface area (Å²) in [5.74, 6) is -24.9. The maximum absolute atomic E-state index is 12.9. The summed E-state index contributed by atoms with van der Waals surface area (Å²) in [7, 11) is 0. The third-order valence-corrected chi connectivity index (χ3v) is 2.00. The molecule has 0 spiro atoms. The molecule has 1 saturated carbocycles. The number of halogens is 7. The van der Waals surface area contributed by atoms with E-state index in [4.69, 9.17) is 0 Å². The minimum atomic E-state index is -5.92. The first-order valence-corrected chi connectivity index (χ1v) is 3.63. The summed E-state index contributed by atoms with van der Waals surface area (Å²) in [4.78, 5) is 10.3. The highest BCUT2D eigenvalue weighted by molar-refractivity contribution is 5.81. The number of carbonyl (C=O) groups excluding carboxylic acids is 1. The largest absolute Gasteiger partial charge is 0.413 e. The summed E-state index contributed by atoms with van der Waals surface area (Å²) >= 11 is 0. The Morgan fingerprint density at radius 1 is 0.938 bits per heavy atom. The molecule has 1 aliphatic carbocycles. The molecule has 0 aromatic carbocycles. The third kappa shape index (κ3) is 1.00. The van der Waals surface area contributed by atoms with Crippen molar-refractivity contribution in [3.05, 3.63) is 12.7 Å². The van der Waals surface area contributed by atoms with Crippen molar-refractivity contribution < 1.29 is 40.3 Å². The van der Waals surface area contributed by atoms with Gasteiger partial charge < -0.3 is 4.74 Å². The average Bonchev–Trinajstić information content (AvgIpc) is 2.15. The quantitative estimate of drug-likeness (QED) is 0.428. The number of alkyl halides is 7. The van der Waals surface area contributed by atoms with Crippen molar-refractivity contribution in [3.8, 4) is 0 Å². The highest BCUT2D eigenvalue weighted by atomic mass is 19.4. The van der Waals surface area contributed by atoms with E-state index in [2.05, 4.69) is 11.3 Å². The van der Waals surface area contributed by atoms with Crippen molar-refractivity contribution in [3.63, 3.8) is 0 Å². The second-order valence-corrected chi connectivity index (χ2v) is 2.94. The Hall–Kier alpha value is -1.28. The van der Waals surface area contributed by atoms with E-state index in [-0.39, 0.29) is 6.08 Å². The lowest BCUT2D eigenvalue weighted by Gasteiger charge is -2.52. The third-order valence-electron chi connectivity index (χ3n) is 2.00. The molecule has 1 rings (SSSR count).